The third kappa shape index (κ3) is 2.07. The number of halogens is 1. The maximum Gasteiger partial charge on any atom is 0.0590 e. The summed E-state index contributed by atoms with van der Waals surface area (Å²) in [5.74, 6) is 0. The van der Waals surface area contributed by atoms with E-state index in [1.807, 2.05) is 18.5 Å². The van der Waals surface area contributed by atoms with Gasteiger partial charge in [-0.05, 0) is 28.5 Å². The van der Waals surface area contributed by atoms with Crippen molar-refractivity contribution in [3.05, 3.63) is 22.9 Å². The number of hydrogen-bond acceptors (Lipinski definition) is 3. The lowest BCUT2D eigenvalue weighted by atomic mass is 10.1. The molecule has 1 saturated heterocycles. The summed E-state index contributed by atoms with van der Waals surface area (Å²) in [6.45, 7) is 5.63. The fourth-order valence-corrected chi connectivity index (χ4v) is 2.00. The zero-order valence-electron chi connectivity index (χ0n) is 8.20. The van der Waals surface area contributed by atoms with Gasteiger partial charge in [0.25, 0.3) is 0 Å². The van der Waals surface area contributed by atoms with Crippen LogP contribution in [-0.4, -0.2) is 35.6 Å². The summed E-state index contributed by atoms with van der Waals surface area (Å²) in [6, 6.07) is 2.59. The Labute approximate surface area is 92.6 Å². The third-order valence-corrected chi connectivity index (χ3v) is 3.17. The summed E-state index contributed by atoms with van der Waals surface area (Å²) in [5, 5.41) is 3.48. The highest BCUT2D eigenvalue weighted by Crippen LogP contribution is 2.22. The molecule has 1 fully saturated rings. The van der Waals surface area contributed by atoms with Crippen molar-refractivity contribution < 1.29 is 0 Å². The number of rotatable bonds is 3. The Bertz CT molecular complexity index is 310. The number of nitrogens with zero attached hydrogens (tertiary/aromatic N) is 2. The van der Waals surface area contributed by atoms with E-state index in [1.165, 1.54) is 0 Å². The molecule has 14 heavy (non-hydrogen) atoms. The van der Waals surface area contributed by atoms with Gasteiger partial charge < -0.3 is 5.32 Å². The normalized spacial score (nSPS) is 17.9. The van der Waals surface area contributed by atoms with Gasteiger partial charge >= 0.3 is 0 Å². The molecule has 0 atom stereocenters. The minimum absolute atomic E-state index is 0.591. The number of anilines is 1. The van der Waals surface area contributed by atoms with E-state index in [-0.39, 0.29) is 0 Å². The van der Waals surface area contributed by atoms with Crippen LogP contribution in [-0.2, 0) is 0 Å². The highest BCUT2D eigenvalue weighted by molar-refractivity contribution is 9.10. The molecule has 0 unspecified atom stereocenters. The smallest absolute Gasteiger partial charge is 0.0590 e. The number of pyridine rings is 1. The second kappa shape index (κ2) is 4.28. The topological polar surface area (TPSA) is 28.2 Å². The fourth-order valence-electron chi connectivity index (χ4n) is 1.63. The van der Waals surface area contributed by atoms with Crippen molar-refractivity contribution in [1.82, 2.24) is 9.88 Å². The minimum atomic E-state index is 0.591. The summed E-state index contributed by atoms with van der Waals surface area (Å²) in [7, 11) is 0. The lowest BCUT2D eigenvalue weighted by Gasteiger charge is -2.39. The zero-order valence-corrected chi connectivity index (χ0v) is 9.79. The molecule has 1 aliphatic rings. The lowest BCUT2D eigenvalue weighted by molar-refractivity contribution is 0.171. The van der Waals surface area contributed by atoms with Crippen LogP contribution in [0.5, 0.6) is 0 Å². The first-order valence-corrected chi connectivity index (χ1v) is 5.67. The number of likely N-dealkylation sites (N-methyl/N-ethyl adjacent to an activating group) is 1. The van der Waals surface area contributed by atoms with Gasteiger partial charge in [0.05, 0.1) is 16.2 Å². The van der Waals surface area contributed by atoms with Crippen molar-refractivity contribution in [2.45, 2.75) is 13.0 Å². The quantitative estimate of drug-likeness (QED) is 0.896. The van der Waals surface area contributed by atoms with Gasteiger partial charge in [-0.3, -0.25) is 9.88 Å². The predicted octanol–water partition coefficient (Wildman–Crippen LogP) is 1.96. The van der Waals surface area contributed by atoms with Gasteiger partial charge in [-0.15, -0.1) is 0 Å². The molecule has 2 heterocycles. The van der Waals surface area contributed by atoms with E-state index < -0.39 is 0 Å². The van der Waals surface area contributed by atoms with Crippen LogP contribution in [0.15, 0.2) is 22.9 Å². The molecule has 0 aromatic carbocycles. The van der Waals surface area contributed by atoms with E-state index >= 15 is 0 Å². The van der Waals surface area contributed by atoms with Crippen LogP contribution < -0.4 is 5.32 Å². The van der Waals surface area contributed by atoms with Crippen LogP contribution >= 0.6 is 15.9 Å². The Morgan fingerprint density at radius 1 is 1.64 bits per heavy atom. The minimum Gasteiger partial charge on any atom is -0.379 e. The lowest BCUT2D eigenvalue weighted by Crippen LogP contribution is -2.54. The first kappa shape index (κ1) is 9.93. The summed E-state index contributed by atoms with van der Waals surface area (Å²) in [5.41, 5.74) is 1.14. The summed E-state index contributed by atoms with van der Waals surface area (Å²) >= 11 is 3.47. The second-order valence-electron chi connectivity index (χ2n) is 3.55. The molecule has 4 heteroatoms. The Hall–Kier alpha value is -0.610. The maximum atomic E-state index is 4.03. The van der Waals surface area contributed by atoms with Crippen molar-refractivity contribution in [3.63, 3.8) is 0 Å². The number of aromatic nitrogens is 1. The maximum absolute atomic E-state index is 4.03. The molecule has 1 aromatic heterocycles. The first-order valence-electron chi connectivity index (χ1n) is 4.88. The third-order valence-electron chi connectivity index (χ3n) is 2.54. The van der Waals surface area contributed by atoms with E-state index in [9.17, 15) is 0 Å². The van der Waals surface area contributed by atoms with Crippen LogP contribution in [0.3, 0.4) is 0 Å². The van der Waals surface area contributed by atoms with Gasteiger partial charge in [-0.2, -0.15) is 0 Å². The van der Waals surface area contributed by atoms with Crippen molar-refractivity contribution in [2.24, 2.45) is 0 Å². The van der Waals surface area contributed by atoms with Gasteiger partial charge in [0.2, 0.25) is 0 Å². The largest absolute Gasteiger partial charge is 0.379 e. The average Bonchev–Trinajstić information content (AvgIpc) is 2.13. The molecule has 0 spiro atoms. The van der Waals surface area contributed by atoms with Gasteiger partial charge in [0, 0.05) is 25.5 Å². The van der Waals surface area contributed by atoms with Crippen LogP contribution in [0.25, 0.3) is 0 Å². The average molecular weight is 256 g/mol. The molecule has 0 amide bonds. The molecular formula is C10H14BrN3. The molecule has 0 bridgehead atoms. The summed E-state index contributed by atoms with van der Waals surface area (Å²) < 4.78 is 1.04. The van der Waals surface area contributed by atoms with Gasteiger partial charge in [-0.25, -0.2) is 0 Å². The summed E-state index contributed by atoms with van der Waals surface area (Å²) in [4.78, 5) is 6.44. The fraction of sp³-hybridized carbons (Fsp3) is 0.500. The molecule has 1 aromatic rings. The van der Waals surface area contributed by atoms with Crippen LogP contribution in [0, 0.1) is 0 Å². The molecule has 0 aliphatic carbocycles. The molecule has 0 saturated carbocycles. The summed E-state index contributed by atoms with van der Waals surface area (Å²) in [6.07, 6.45) is 3.63. The second-order valence-corrected chi connectivity index (χ2v) is 4.40. The van der Waals surface area contributed by atoms with Crippen molar-refractivity contribution >= 4 is 21.6 Å². The number of hydrogen-bond donors (Lipinski definition) is 1. The van der Waals surface area contributed by atoms with E-state index in [2.05, 4.69) is 38.1 Å². The van der Waals surface area contributed by atoms with Crippen molar-refractivity contribution in [2.75, 3.05) is 25.0 Å². The van der Waals surface area contributed by atoms with E-state index in [0.717, 1.165) is 29.8 Å². The first-order chi connectivity index (χ1) is 6.79. The Morgan fingerprint density at radius 2 is 2.43 bits per heavy atom. The van der Waals surface area contributed by atoms with Crippen LogP contribution in [0.4, 0.5) is 5.69 Å². The van der Waals surface area contributed by atoms with Crippen LogP contribution in [0.2, 0.25) is 0 Å². The van der Waals surface area contributed by atoms with Gasteiger partial charge in [0.1, 0.15) is 0 Å². The van der Waals surface area contributed by atoms with Crippen molar-refractivity contribution in [1.29, 1.82) is 0 Å². The Kier molecular flexibility index (Phi) is 3.03. The molecular weight excluding hydrogens is 242 g/mol. The van der Waals surface area contributed by atoms with E-state index in [4.69, 9.17) is 0 Å². The van der Waals surface area contributed by atoms with E-state index in [1.54, 1.807) is 0 Å². The SMILES string of the molecule is CCN1CC(Nc2ccncc2Br)C1. The zero-order chi connectivity index (χ0) is 9.97. The molecule has 76 valence electrons. The Balaban J connectivity index is 1.90. The molecule has 1 aliphatic heterocycles. The van der Waals surface area contributed by atoms with E-state index in [0.29, 0.717) is 6.04 Å². The standard InChI is InChI=1S/C10H14BrN3/c1-2-14-6-8(7-14)13-10-3-4-12-5-9(10)11/h3-5,8H,2,6-7H2,1H3,(H,12,13). The van der Waals surface area contributed by atoms with Crippen molar-refractivity contribution in [3.8, 4) is 0 Å². The highest BCUT2D eigenvalue weighted by atomic mass is 79.9. The Morgan fingerprint density at radius 3 is 3.07 bits per heavy atom. The van der Waals surface area contributed by atoms with Gasteiger partial charge in [0.15, 0.2) is 0 Å². The monoisotopic (exact) mass is 255 g/mol. The number of nitrogens with one attached hydrogen (secondary N) is 1. The number of likely N-dealkylation sites (tertiary alicyclic amines) is 1. The van der Waals surface area contributed by atoms with Gasteiger partial charge in [-0.1, -0.05) is 6.92 Å². The molecule has 1 N–H and O–H groups in total. The predicted molar refractivity (Wildman–Crippen MR) is 61.5 cm³/mol. The molecule has 0 radical (unpaired) electrons. The molecule has 3 nitrogen and oxygen atoms in total. The highest BCUT2D eigenvalue weighted by Gasteiger charge is 2.24. The van der Waals surface area contributed by atoms with Crippen LogP contribution in [0.1, 0.15) is 6.92 Å². The molecule has 2 rings (SSSR count).